The number of aliphatic carboxylic acids is 1. The van der Waals surface area contributed by atoms with Crippen molar-refractivity contribution in [3.05, 3.63) is 4.91 Å². The van der Waals surface area contributed by atoms with Crippen LogP contribution < -0.4 is 0 Å². The molecule has 14 heavy (non-hydrogen) atoms. The fourth-order valence-corrected chi connectivity index (χ4v) is 1.67. The first-order valence-corrected chi connectivity index (χ1v) is 4.18. The second kappa shape index (κ2) is 4.30. The van der Waals surface area contributed by atoms with Crippen LogP contribution in [-0.2, 0) is 4.79 Å². The van der Waals surface area contributed by atoms with Crippen molar-refractivity contribution < 1.29 is 18.7 Å². The zero-order valence-corrected chi connectivity index (χ0v) is 7.27. The molecule has 0 spiro atoms. The Kier molecular flexibility index (Phi) is 3.32. The molecule has 0 aromatic rings. The van der Waals surface area contributed by atoms with Gasteiger partial charge in [-0.3, -0.25) is 0 Å². The van der Waals surface area contributed by atoms with Crippen LogP contribution >= 0.6 is 0 Å². The lowest BCUT2D eigenvalue weighted by Gasteiger charge is -2.34. The lowest BCUT2D eigenvalue weighted by molar-refractivity contribution is -0.151. The van der Waals surface area contributed by atoms with Crippen molar-refractivity contribution in [2.24, 2.45) is 11.2 Å². The van der Waals surface area contributed by atoms with E-state index in [1.165, 1.54) is 0 Å². The highest BCUT2D eigenvalue weighted by Crippen LogP contribution is 2.29. The molecule has 0 bridgehead atoms. The second-order valence-corrected chi connectivity index (χ2v) is 3.17. The van der Waals surface area contributed by atoms with E-state index >= 15 is 0 Å². The van der Waals surface area contributed by atoms with Crippen molar-refractivity contribution in [3.63, 3.8) is 0 Å². The van der Waals surface area contributed by atoms with Gasteiger partial charge in [-0.1, -0.05) is 0 Å². The monoisotopic (exact) mass is 208 g/mol. The number of nitrogens with zero attached hydrogens (tertiary/aromatic N) is 2. The number of carboxylic acid groups (broad SMARTS) is 1. The van der Waals surface area contributed by atoms with Gasteiger partial charge in [0.1, 0.15) is 0 Å². The van der Waals surface area contributed by atoms with Gasteiger partial charge in [0.25, 0.3) is 0 Å². The van der Waals surface area contributed by atoms with E-state index in [4.69, 9.17) is 5.11 Å². The summed E-state index contributed by atoms with van der Waals surface area (Å²) in [6.45, 7) is 0.129. The van der Waals surface area contributed by atoms with E-state index in [9.17, 15) is 18.5 Å². The van der Waals surface area contributed by atoms with Crippen molar-refractivity contribution in [2.75, 3.05) is 6.54 Å². The largest absolute Gasteiger partial charge is 0.480 e. The number of hydrogen-bond acceptors (Lipinski definition) is 3. The molecule has 0 aromatic carbocycles. The van der Waals surface area contributed by atoms with E-state index in [2.05, 4.69) is 5.29 Å². The molecule has 1 aliphatic heterocycles. The minimum Gasteiger partial charge on any atom is -0.480 e. The molecule has 0 aliphatic carbocycles. The molecule has 1 fully saturated rings. The summed E-state index contributed by atoms with van der Waals surface area (Å²) in [6.07, 6.45) is -2.26. The standard InChI is InChI=1S/C7H10F2N2O3/c8-6(9)4-2-1-3-11(10-14)5(4)7(12)13/h4-6H,1-3H2,(H,12,13)/t4-,5+/m0/s1. The van der Waals surface area contributed by atoms with Gasteiger partial charge in [0.2, 0.25) is 6.43 Å². The van der Waals surface area contributed by atoms with Gasteiger partial charge < -0.3 is 5.11 Å². The first-order valence-electron chi connectivity index (χ1n) is 4.18. The average molecular weight is 208 g/mol. The van der Waals surface area contributed by atoms with Crippen LogP contribution in [0.2, 0.25) is 0 Å². The van der Waals surface area contributed by atoms with Gasteiger partial charge in [-0.25, -0.2) is 18.6 Å². The molecule has 0 aromatic heterocycles. The second-order valence-electron chi connectivity index (χ2n) is 3.17. The molecule has 7 heteroatoms. The van der Waals surface area contributed by atoms with Gasteiger partial charge in [-0.15, -0.1) is 4.91 Å². The summed E-state index contributed by atoms with van der Waals surface area (Å²) in [6, 6.07) is -1.48. The molecule has 0 saturated carbocycles. The Bertz CT molecular complexity index is 237. The molecule has 0 amide bonds. The summed E-state index contributed by atoms with van der Waals surface area (Å²) in [5.74, 6) is -2.73. The number of halogens is 2. The summed E-state index contributed by atoms with van der Waals surface area (Å²) < 4.78 is 24.8. The Hall–Kier alpha value is -1.27. The van der Waals surface area contributed by atoms with Crippen molar-refractivity contribution >= 4 is 5.97 Å². The van der Waals surface area contributed by atoms with Crippen molar-refractivity contribution in [1.29, 1.82) is 0 Å². The lowest BCUT2D eigenvalue weighted by atomic mass is 9.91. The highest BCUT2D eigenvalue weighted by Gasteiger charge is 2.42. The molecule has 1 rings (SSSR count). The Balaban J connectivity index is 2.83. The molecule has 0 radical (unpaired) electrons. The van der Waals surface area contributed by atoms with E-state index in [-0.39, 0.29) is 13.0 Å². The van der Waals surface area contributed by atoms with Crippen molar-refractivity contribution in [1.82, 2.24) is 5.01 Å². The van der Waals surface area contributed by atoms with Crippen LogP contribution in [0.4, 0.5) is 8.78 Å². The number of nitroso groups, excluding NO2 is 1. The van der Waals surface area contributed by atoms with Crippen LogP contribution in [0, 0.1) is 10.8 Å². The lowest BCUT2D eigenvalue weighted by Crippen LogP contribution is -2.49. The fraction of sp³-hybridized carbons (Fsp3) is 0.857. The zero-order valence-electron chi connectivity index (χ0n) is 7.27. The first-order chi connectivity index (χ1) is 6.57. The van der Waals surface area contributed by atoms with E-state index < -0.39 is 24.4 Å². The van der Waals surface area contributed by atoms with Gasteiger partial charge in [0.05, 0.1) is 11.2 Å². The van der Waals surface area contributed by atoms with Gasteiger partial charge >= 0.3 is 5.97 Å². The van der Waals surface area contributed by atoms with Crippen LogP contribution in [0.25, 0.3) is 0 Å². The van der Waals surface area contributed by atoms with Crippen LogP contribution in [0.15, 0.2) is 5.29 Å². The number of carbonyl (C=O) groups is 1. The third-order valence-corrected chi connectivity index (χ3v) is 2.33. The maximum absolute atomic E-state index is 12.4. The maximum Gasteiger partial charge on any atom is 0.328 e. The Morgan fingerprint density at radius 1 is 1.57 bits per heavy atom. The Labute approximate surface area is 78.6 Å². The average Bonchev–Trinajstić information content (AvgIpc) is 2.16. The summed E-state index contributed by atoms with van der Waals surface area (Å²) in [5.41, 5.74) is 0. The summed E-state index contributed by atoms with van der Waals surface area (Å²) in [7, 11) is 0. The van der Waals surface area contributed by atoms with Crippen LogP contribution in [0.3, 0.4) is 0 Å². The Morgan fingerprint density at radius 2 is 2.21 bits per heavy atom. The number of rotatable bonds is 3. The molecule has 1 aliphatic rings. The molecule has 2 atom stereocenters. The van der Waals surface area contributed by atoms with Gasteiger partial charge in [-0.05, 0) is 12.8 Å². The molecular formula is C7H10F2N2O3. The van der Waals surface area contributed by atoms with Crippen molar-refractivity contribution in [2.45, 2.75) is 25.3 Å². The SMILES string of the molecule is O=NN1CCC[C@H](C(F)F)[C@@H]1C(=O)O. The molecular weight excluding hydrogens is 198 g/mol. The number of hydrogen-bond donors (Lipinski definition) is 1. The molecule has 1 saturated heterocycles. The third-order valence-electron chi connectivity index (χ3n) is 2.33. The molecule has 5 nitrogen and oxygen atoms in total. The van der Waals surface area contributed by atoms with Gasteiger partial charge in [-0.2, -0.15) is 0 Å². The third kappa shape index (κ3) is 1.97. The smallest absolute Gasteiger partial charge is 0.328 e. The quantitative estimate of drug-likeness (QED) is 0.705. The summed E-state index contributed by atoms with van der Waals surface area (Å²) in [4.78, 5) is 20.9. The molecule has 80 valence electrons. The molecule has 1 N–H and O–H groups in total. The summed E-state index contributed by atoms with van der Waals surface area (Å²) >= 11 is 0. The van der Waals surface area contributed by atoms with Gasteiger partial charge in [0, 0.05) is 6.54 Å². The van der Waals surface area contributed by atoms with Gasteiger partial charge in [0.15, 0.2) is 6.04 Å². The van der Waals surface area contributed by atoms with Crippen LogP contribution in [0.5, 0.6) is 0 Å². The highest BCUT2D eigenvalue weighted by molar-refractivity contribution is 5.74. The topological polar surface area (TPSA) is 70.0 Å². The first kappa shape index (κ1) is 10.8. The number of alkyl halides is 2. The maximum atomic E-state index is 12.4. The van der Waals surface area contributed by atoms with Crippen LogP contribution in [0.1, 0.15) is 12.8 Å². The van der Waals surface area contributed by atoms with Crippen molar-refractivity contribution in [3.8, 4) is 0 Å². The minimum absolute atomic E-state index is 0.112. The van der Waals surface area contributed by atoms with E-state index in [0.717, 1.165) is 0 Å². The number of piperidine rings is 1. The van der Waals surface area contributed by atoms with E-state index in [1.807, 2.05) is 0 Å². The zero-order chi connectivity index (χ0) is 10.7. The van der Waals surface area contributed by atoms with E-state index in [1.54, 1.807) is 0 Å². The molecule has 0 unspecified atom stereocenters. The minimum atomic E-state index is -2.74. The predicted molar refractivity (Wildman–Crippen MR) is 42.7 cm³/mol. The summed E-state index contributed by atoms with van der Waals surface area (Å²) in [5, 5.41) is 11.8. The predicted octanol–water partition coefficient (Wildman–Crippen LogP) is 1.10. The molecule has 1 heterocycles. The normalized spacial score (nSPS) is 27.8. The van der Waals surface area contributed by atoms with Crippen LogP contribution in [-0.4, -0.2) is 35.1 Å². The fourth-order valence-electron chi connectivity index (χ4n) is 1.67. The van der Waals surface area contributed by atoms with E-state index in [0.29, 0.717) is 11.4 Å². The Morgan fingerprint density at radius 3 is 2.64 bits per heavy atom. The number of carboxylic acids is 1. The highest BCUT2D eigenvalue weighted by atomic mass is 19.3.